The number of carbonyl (C=O) groups is 1. The standard InChI is InChI=1S/C15H20N6O/c1-2-13-9-12(3-4-16-13)15(22)21-7-5-20(6-8-21)10-14-17-11-18-19-14/h3-4,9,11H,2,5-8,10H2,1H3,(H,17,18,19). The van der Waals surface area contributed by atoms with Crippen molar-refractivity contribution in [3.8, 4) is 0 Å². The van der Waals surface area contributed by atoms with Gasteiger partial charge in [0.1, 0.15) is 12.2 Å². The summed E-state index contributed by atoms with van der Waals surface area (Å²) < 4.78 is 0. The van der Waals surface area contributed by atoms with Crippen molar-refractivity contribution in [1.82, 2.24) is 30.0 Å². The molecule has 0 aromatic carbocycles. The molecular formula is C15H20N6O. The lowest BCUT2D eigenvalue weighted by Crippen LogP contribution is -2.48. The van der Waals surface area contributed by atoms with Gasteiger partial charge in [-0.25, -0.2) is 4.98 Å². The molecule has 1 N–H and O–H groups in total. The van der Waals surface area contributed by atoms with Gasteiger partial charge in [0.2, 0.25) is 0 Å². The normalized spacial score (nSPS) is 16.0. The van der Waals surface area contributed by atoms with Gasteiger partial charge in [-0.3, -0.25) is 19.8 Å². The van der Waals surface area contributed by atoms with Gasteiger partial charge in [0.05, 0.1) is 6.54 Å². The minimum absolute atomic E-state index is 0.0939. The third-order valence-corrected chi connectivity index (χ3v) is 3.92. The number of H-pyrrole nitrogens is 1. The topological polar surface area (TPSA) is 78.0 Å². The van der Waals surface area contributed by atoms with Gasteiger partial charge in [-0.1, -0.05) is 6.92 Å². The molecule has 2 aromatic heterocycles. The molecule has 0 unspecified atom stereocenters. The number of piperazine rings is 1. The number of aromatic amines is 1. The number of hydrogen-bond acceptors (Lipinski definition) is 5. The number of aromatic nitrogens is 4. The van der Waals surface area contributed by atoms with Crippen LogP contribution in [0.2, 0.25) is 0 Å². The van der Waals surface area contributed by atoms with Crippen LogP contribution in [0.4, 0.5) is 0 Å². The van der Waals surface area contributed by atoms with Crippen molar-refractivity contribution in [2.24, 2.45) is 0 Å². The Morgan fingerprint density at radius 2 is 2.09 bits per heavy atom. The Morgan fingerprint density at radius 3 is 2.77 bits per heavy atom. The zero-order chi connectivity index (χ0) is 15.4. The van der Waals surface area contributed by atoms with Crippen LogP contribution < -0.4 is 0 Å². The SMILES string of the molecule is CCc1cc(C(=O)N2CCN(Cc3ncn[nH]3)CC2)ccn1. The van der Waals surface area contributed by atoms with Crippen LogP contribution in [0.15, 0.2) is 24.7 Å². The molecule has 1 fully saturated rings. The van der Waals surface area contributed by atoms with Gasteiger partial charge in [-0.05, 0) is 18.6 Å². The van der Waals surface area contributed by atoms with Gasteiger partial charge in [-0.2, -0.15) is 5.10 Å². The minimum atomic E-state index is 0.0939. The summed E-state index contributed by atoms with van der Waals surface area (Å²) in [5.74, 6) is 0.956. The molecule has 7 heteroatoms. The van der Waals surface area contributed by atoms with E-state index in [4.69, 9.17) is 0 Å². The molecule has 0 bridgehead atoms. The van der Waals surface area contributed by atoms with Crippen LogP contribution in [-0.4, -0.2) is 62.1 Å². The van der Waals surface area contributed by atoms with Crippen molar-refractivity contribution in [2.45, 2.75) is 19.9 Å². The fraction of sp³-hybridized carbons (Fsp3) is 0.467. The van der Waals surface area contributed by atoms with E-state index in [1.165, 1.54) is 6.33 Å². The highest BCUT2D eigenvalue weighted by atomic mass is 16.2. The van der Waals surface area contributed by atoms with E-state index in [2.05, 4.69) is 25.1 Å². The van der Waals surface area contributed by atoms with Gasteiger partial charge in [0.15, 0.2) is 0 Å². The highest BCUT2D eigenvalue weighted by molar-refractivity contribution is 5.94. The molecule has 2 aromatic rings. The predicted octanol–water partition coefficient (Wildman–Crippen LogP) is 0.720. The fourth-order valence-electron chi connectivity index (χ4n) is 2.62. The smallest absolute Gasteiger partial charge is 0.254 e. The highest BCUT2D eigenvalue weighted by Gasteiger charge is 2.22. The Hall–Kier alpha value is -2.28. The molecule has 1 aliphatic heterocycles. The van der Waals surface area contributed by atoms with Crippen LogP contribution in [0.3, 0.4) is 0 Å². The Morgan fingerprint density at radius 1 is 1.27 bits per heavy atom. The van der Waals surface area contributed by atoms with Gasteiger partial charge < -0.3 is 4.90 Å². The van der Waals surface area contributed by atoms with E-state index in [0.717, 1.165) is 56.2 Å². The molecule has 3 rings (SSSR count). The number of nitrogens with zero attached hydrogens (tertiary/aromatic N) is 5. The second-order valence-corrected chi connectivity index (χ2v) is 5.39. The largest absolute Gasteiger partial charge is 0.336 e. The summed E-state index contributed by atoms with van der Waals surface area (Å²) in [6, 6.07) is 3.69. The number of aryl methyl sites for hydroxylation is 1. The number of pyridine rings is 1. The second kappa shape index (κ2) is 6.65. The molecule has 1 aliphatic rings. The zero-order valence-electron chi connectivity index (χ0n) is 12.7. The molecule has 7 nitrogen and oxygen atoms in total. The highest BCUT2D eigenvalue weighted by Crippen LogP contribution is 2.11. The molecule has 1 amide bonds. The van der Waals surface area contributed by atoms with Crippen LogP contribution in [-0.2, 0) is 13.0 Å². The quantitative estimate of drug-likeness (QED) is 0.900. The monoisotopic (exact) mass is 300 g/mol. The number of amides is 1. The molecule has 0 atom stereocenters. The first-order valence-electron chi connectivity index (χ1n) is 7.57. The van der Waals surface area contributed by atoms with Crippen molar-refractivity contribution in [3.63, 3.8) is 0 Å². The molecule has 116 valence electrons. The average molecular weight is 300 g/mol. The second-order valence-electron chi connectivity index (χ2n) is 5.39. The maximum atomic E-state index is 12.5. The van der Waals surface area contributed by atoms with Crippen molar-refractivity contribution < 1.29 is 4.79 Å². The molecule has 0 saturated carbocycles. The lowest BCUT2D eigenvalue weighted by Gasteiger charge is -2.34. The van der Waals surface area contributed by atoms with Crippen molar-refractivity contribution in [1.29, 1.82) is 0 Å². The van der Waals surface area contributed by atoms with E-state index in [1.54, 1.807) is 12.3 Å². The lowest BCUT2D eigenvalue weighted by atomic mass is 10.1. The molecule has 1 saturated heterocycles. The van der Waals surface area contributed by atoms with Crippen LogP contribution in [0.25, 0.3) is 0 Å². The molecule has 0 radical (unpaired) electrons. The van der Waals surface area contributed by atoms with Crippen molar-refractivity contribution >= 4 is 5.91 Å². The first-order chi connectivity index (χ1) is 10.8. The third kappa shape index (κ3) is 3.30. The molecule has 22 heavy (non-hydrogen) atoms. The van der Waals surface area contributed by atoms with Crippen LogP contribution in [0, 0.1) is 0 Å². The van der Waals surface area contributed by atoms with E-state index in [1.807, 2.05) is 17.9 Å². The Kier molecular flexibility index (Phi) is 4.43. The zero-order valence-corrected chi connectivity index (χ0v) is 12.7. The summed E-state index contributed by atoms with van der Waals surface area (Å²) in [6.07, 6.45) is 4.07. The van der Waals surface area contributed by atoms with Gasteiger partial charge in [-0.15, -0.1) is 0 Å². The van der Waals surface area contributed by atoms with Gasteiger partial charge >= 0.3 is 0 Å². The summed E-state index contributed by atoms with van der Waals surface area (Å²) >= 11 is 0. The summed E-state index contributed by atoms with van der Waals surface area (Å²) in [5, 5.41) is 6.72. The van der Waals surface area contributed by atoms with Crippen LogP contribution in [0.5, 0.6) is 0 Å². The maximum absolute atomic E-state index is 12.5. The van der Waals surface area contributed by atoms with E-state index in [9.17, 15) is 4.79 Å². The first kappa shape index (κ1) is 14.6. The van der Waals surface area contributed by atoms with E-state index in [-0.39, 0.29) is 5.91 Å². The Bertz CT molecular complexity index is 619. The summed E-state index contributed by atoms with van der Waals surface area (Å²) in [7, 11) is 0. The molecule has 0 aliphatic carbocycles. The lowest BCUT2D eigenvalue weighted by molar-refractivity contribution is 0.0625. The summed E-state index contributed by atoms with van der Waals surface area (Å²) in [4.78, 5) is 25.1. The first-order valence-corrected chi connectivity index (χ1v) is 7.57. The van der Waals surface area contributed by atoms with E-state index >= 15 is 0 Å². The van der Waals surface area contributed by atoms with Crippen molar-refractivity contribution in [2.75, 3.05) is 26.2 Å². The predicted molar refractivity (Wildman–Crippen MR) is 81.2 cm³/mol. The van der Waals surface area contributed by atoms with E-state index < -0.39 is 0 Å². The summed E-state index contributed by atoms with van der Waals surface area (Å²) in [6.45, 7) is 5.94. The molecule has 0 spiro atoms. The molecular weight excluding hydrogens is 280 g/mol. The van der Waals surface area contributed by atoms with Crippen LogP contribution >= 0.6 is 0 Å². The number of hydrogen-bond donors (Lipinski definition) is 1. The summed E-state index contributed by atoms with van der Waals surface area (Å²) in [5.41, 5.74) is 1.69. The molecule has 3 heterocycles. The average Bonchev–Trinajstić information content (AvgIpc) is 3.08. The number of carbonyl (C=O) groups excluding carboxylic acids is 1. The van der Waals surface area contributed by atoms with Gasteiger partial charge in [0, 0.05) is 43.6 Å². The Balaban J connectivity index is 1.57. The Labute approximate surface area is 129 Å². The van der Waals surface area contributed by atoms with Gasteiger partial charge in [0.25, 0.3) is 5.91 Å². The van der Waals surface area contributed by atoms with E-state index in [0.29, 0.717) is 0 Å². The maximum Gasteiger partial charge on any atom is 0.254 e. The minimum Gasteiger partial charge on any atom is -0.336 e. The third-order valence-electron chi connectivity index (χ3n) is 3.92. The number of nitrogens with one attached hydrogen (secondary N) is 1. The number of rotatable bonds is 4. The fourth-order valence-corrected chi connectivity index (χ4v) is 2.62. The van der Waals surface area contributed by atoms with Crippen LogP contribution in [0.1, 0.15) is 28.8 Å². The van der Waals surface area contributed by atoms with Crippen molar-refractivity contribution in [3.05, 3.63) is 41.7 Å².